The third-order valence-electron chi connectivity index (χ3n) is 9.85. The summed E-state index contributed by atoms with van der Waals surface area (Å²) in [6, 6.07) is 17.7. The van der Waals surface area contributed by atoms with Gasteiger partial charge in [0.25, 0.3) is 0 Å². The van der Waals surface area contributed by atoms with Crippen molar-refractivity contribution in [1.29, 1.82) is 0 Å². The molecule has 0 fully saturated rings. The molecule has 0 heterocycles. The monoisotopic (exact) mass is 772 g/mol. The number of rotatable bonds is 5. The Labute approximate surface area is 307 Å². The largest absolute Gasteiger partial charge is 1.00 e. The fourth-order valence-electron chi connectivity index (χ4n) is 7.42. The van der Waals surface area contributed by atoms with Gasteiger partial charge in [0.1, 0.15) is 0 Å². The Bertz CT molecular complexity index is 1750. The number of fused-ring (bicyclic) bond motifs is 3. The van der Waals surface area contributed by atoms with Gasteiger partial charge >= 0.3 is 285 Å². The van der Waals surface area contributed by atoms with Gasteiger partial charge in [-0.1, -0.05) is 0 Å². The fourth-order valence-corrected chi connectivity index (χ4v) is 16.5. The number of allylic oxidation sites excluding steroid dienone is 4. The molecule has 3 aromatic carbocycles. The van der Waals surface area contributed by atoms with Crippen LogP contribution in [0, 0.1) is 11.3 Å². The van der Waals surface area contributed by atoms with E-state index in [1.54, 1.807) is 15.4 Å². The Morgan fingerprint density at radius 3 is 1.81 bits per heavy atom. The fraction of sp³-hybridized carbons (Fsp3) is 0.452. The van der Waals surface area contributed by atoms with Crippen LogP contribution in [-0.4, -0.2) is 3.71 Å². The molecule has 0 aromatic heterocycles. The molecular formula is C42H51Cl2F3Zr. The van der Waals surface area contributed by atoms with Crippen LogP contribution in [0.5, 0.6) is 0 Å². The van der Waals surface area contributed by atoms with E-state index in [9.17, 15) is 13.2 Å². The Morgan fingerprint density at radius 2 is 1.31 bits per heavy atom. The molecule has 0 bridgehead atoms. The van der Waals surface area contributed by atoms with Gasteiger partial charge in [-0.05, 0) is 0 Å². The van der Waals surface area contributed by atoms with Crippen molar-refractivity contribution in [2.45, 2.75) is 112 Å². The van der Waals surface area contributed by atoms with E-state index in [2.05, 4.69) is 116 Å². The molecule has 0 saturated heterocycles. The van der Waals surface area contributed by atoms with E-state index in [0.29, 0.717) is 5.92 Å². The average Bonchev–Trinajstić information content (AvgIpc) is 3.52. The topological polar surface area (TPSA) is 0 Å². The van der Waals surface area contributed by atoms with Crippen LogP contribution < -0.4 is 28.1 Å². The van der Waals surface area contributed by atoms with Crippen molar-refractivity contribution in [2.24, 2.45) is 11.3 Å². The van der Waals surface area contributed by atoms with Crippen LogP contribution in [0.4, 0.5) is 13.2 Å². The van der Waals surface area contributed by atoms with Gasteiger partial charge in [-0.25, -0.2) is 0 Å². The van der Waals surface area contributed by atoms with Gasteiger partial charge in [0.2, 0.25) is 0 Å². The summed E-state index contributed by atoms with van der Waals surface area (Å²) in [5, 5.41) is 0. The minimum absolute atomic E-state index is 0. The molecule has 5 rings (SSSR count). The molecule has 2 aliphatic carbocycles. The Hall–Kier alpha value is -1.74. The molecular weight excluding hydrogens is 724 g/mol. The van der Waals surface area contributed by atoms with Gasteiger partial charge in [0.15, 0.2) is 0 Å². The van der Waals surface area contributed by atoms with E-state index in [0.717, 1.165) is 24.8 Å². The molecule has 0 amide bonds. The quantitative estimate of drug-likeness (QED) is 0.246. The second kappa shape index (κ2) is 14.5. The molecule has 48 heavy (non-hydrogen) atoms. The number of hydrogen-bond donors (Lipinski definition) is 0. The van der Waals surface area contributed by atoms with Crippen molar-refractivity contribution < 1.29 is 59.3 Å². The average molecular weight is 775 g/mol. The maximum absolute atomic E-state index is 13.6. The SMILES string of the molecule is CCC1=[C](/[Zr+2](=[CH]/c2ccc(C(F)(F)F)cc2)[c]2c(C(C)(C)C)ccc3c2Cc2cc(C(C)(C)C)ccc2-3)C(CC)C=C1C(C)(C)C.[Cl-].[Cl-]. The van der Waals surface area contributed by atoms with Crippen LogP contribution in [0.1, 0.15) is 122 Å². The van der Waals surface area contributed by atoms with Gasteiger partial charge < -0.3 is 24.8 Å². The van der Waals surface area contributed by atoms with E-state index in [4.69, 9.17) is 0 Å². The van der Waals surface area contributed by atoms with Crippen LogP contribution in [0.15, 0.2) is 75.1 Å². The molecule has 0 aliphatic heterocycles. The van der Waals surface area contributed by atoms with Crippen LogP contribution in [0.3, 0.4) is 0 Å². The molecule has 1 unspecified atom stereocenters. The minimum atomic E-state index is -4.35. The van der Waals surface area contributed by atoms with E-state index in [-0.39, 0.29) is 41.1 Å². The normalized spacial score (nSPS) is 16.3. The summed E-state index contributed by atoms with van der Waals surface area (Å²) in [6.07, 6.45) is 1.09. The van der Waals surface area contributed by atoms with E-state index in [1.165, 1.54) is 59.9 Å². The smallest absolute Gasteiger partial charge is 1.00 e. The van der Waals surface area contributed by atoms with E-state index < -0.39 is 33.0 Å². The molecule has 3 aromatic rings. The van der Waals surface area contributed by atoms with Crippen LogP contribution in [0.25, 0.3) is 11.1 Å². The summed E-state index contributed by atoms with van der Waals surface area (Å²) in [6.45, 7) is 25.3. The van der Waals surface area contributed by atoms with Crippen molar-refractivity contribution in [3.05, 3.63) is 108 Å². The van der Waals surface area contributed by atoms with Crippen molar-refractivity contribution in [1.82, 2.24) is 0 Å². The van der Waals surface area contributed by atoms with Gasteiger partial charge in [-0.2, -0.15) is 0 Å². The summed E-state index contributed by atoms with van der Waals surface area (Å²) < 4.78 is 46.4. The van der Waals surface area contributed by atoms with Crippen molar-refractivity contribution >= 4 is 6.98 Å². The third-order valence-corrected chi connectivity index (χ3v) is 17.2. The van der Waals surface area contributed by atoms with Crippen molar-refractivity contribution in [2.75, 3.05) is 0 Å². The molecule has 0 N–H and O–H groups in total. The Kier molecular flexibility index (Phi) is 12.3. The van der Waals surface area contributed by atoms with Crippen molar-refractivity contribution in [3.63, 3.8) is 0 Å². The van der Waals surface area contributed by atoms with E-state index >= 15 is 0 Å². The first-order valence-electron chi connectivity index (χ1n) is 16.9. The number of halogens is 5. The second-order valence-electron chi connectivity index (χ2n) is 16.3. The molecule has 6 heteroatoms. The zero-order valence-corrected chi connectivity index (χ0v) is 34.4. The molecule has 0 spiro atoms. The molecule has 0 saturated carbocycles. The Morgan fingerprint density at radius 1 is 0.729 bits per heavy atom. The summed E-state index contributed by atoms with van der Waals surface area (Å²) in [7, 11) is 0. The maximum Gasteiger partial charge on any atom is -1.00 e. The maximum atomic E-state index is 13.6. The first-order chi connectivity index (χ1) is 21.3. The first kappa shape index (κ1) is 40.7. The summed E-state index contributed by atoms with van der Waals surface area (Å²) >= 11 is -2.98. The zero-order valence-electron chi connectivity index (χ0n) is 30.4. The van der Waals surface area contributed by atoms with Crippen LogP contribution in [-0.2, 0) is 44.7 Å². The van der Waals surface area contributed by atoms with Crippen LogP contribution >= 0.6 is 0 Å². The van der Waals surface area contributed by atoms with Gasteiger partial charge in [0, 0.05) is 0 Å². The first-order valence-corrected chi connectivity index (χ1v) is 20.8. The second-order valence-corrected chi connectivity index (χ2v) is 21.6. The number of benzene rings is 3. The molecule has 0 nitrogen and oxygen atoms in total. The van der Waals surface area contributed by atoms with Gasteiger partial charge in [0.05, 0.1) is 0 Å². The summed E-state index contributed by atoms with van der Waals surface area (Å²) in [5.74, 6) is 0.351. The summed E-state index contributed by atoms with van der Waals surface area (Å²) in [5.41, 5.74) is 11.5. The Balaban J connectivity index is 0.00000312. The van der Waals surface area contributed by atoms with Crippen LogP contribution in [0.2, 0.25) is 0 Å². The molecule has 258 valence electrons. The standard InChI is InChI=1S/C21H25.C13H21.C8H5F3.2ClH.Zr/c1-20(2,3)16-7-9-18-14(12-16)11-15-13-17(21(4,5)6)8-10-19(15)18;1-6-10-8-11(7-2)12(9-10)13(3,4)5;1-6-2-4-7(5-3-6)8(9,10)11;;;/h7-10,12H,11H2,1-6H3;9-10H,6-7H2,1-5H3;1-5H;2*1H;/q;;;;;+2/p-2. The minimum Gasteiger partial charge on any atom is -1.00 e. The predicted molar refractivity (Wildman–Crippen MR) is 187 cm³/mol. The number of alkyl halides is 3. The third kappa shape index (κ3) is 7.92. The molecule has 1 atom stereocenters. The molecule has 0 radical (unpaired) electrons. The van der Waals surface area contributed by atoms with E-state index in [1.807, 2.05) is 0 Å². The van der Waals surface area contributed by atoms with Gasteiger partial charge in [-0.3, -0.25) is 0 Å². The predicted octanol–water partition coefficient (Wildman–Crippen LogP) is 5.65. The molecule has 2 aliphatic rings. The summed E-state index contributed by atoms with van der Waals surface area (Å²) in [4.78, 5) is 0. The number of hydrogen-bond acceptors (Lipinski definition) is 0. The van der Waals surface area contributed by atoms with Crippen molar-refractivity contribution in [3.8, 4) is 11.1 Å². The van der Waals surface area contributed by atoms with Gasteiger partial charge in [-0.15, -0.1) is 0 Å². The zero-order chi connectivity index (χ0) is 34.0.